The fourth-order valence-corrected chi connectivity index (χ4v) is 1.75. The summed E-state index contributed by atoms with van der Waals surface area (Å²) in [7, 11) is -4.41. The molecule has 0 atom stereocenters. The molecule has 17 heavy (non-hydrogen) atoms. The van der Waals surface area contributed by atoms with Gasteiger partial charge in [-0.05, 0) is 5.56 Å². The number of hydrogen-bond acceptors (Lipinski definition) is 6. The monoisotopic (exact) mass is 262 g/mol. The van der Waals surface area contributed by atoms with Crippen molar-refractivity contribution in [3.05, 3.63) is 44.0 Å². The molecule has 0 radical (unpaired) electrons. The zero-order valence-electron chi connectivity index (χ0n) is 8.14. The molecule has 0 amide bonds. The Bertz CT molecular complexity index is 548. The first-order chi connectivity index (χ1) is 7.69. The van der Waals surface area contributed by atoms with E-state index in [4.69, 9.17) is 4.55 Å². The third-order valence-corrected chi connectivity index (χ3v) is 2.43. The van der Waals surface area contributed by atoms with Crippen molar-refractivity contribution in [1.29, 1.82) is 0 Å². The predicted octanol–water partition coefficient (Wildman–Crippen LogP) is 0.891. The number of rotatable bonds is 4. The maximum Gasteiger partial charge on any atom is 0.276 e. The molecule has 0 spiro atoms. The lowest BCUT2D eigenvalue weighted by Crippen LogP contribution is -2.03. The second kappa shape index (κ2) is 4.43. The topological polar surface area (TPSA) is 141 Å². The van der Waals surface area contributed by atoms with E-state index in [9.17, 15) is 28.6 Å². The normalized spacial score (nSPS) is 11.1. The SMILES string of the molecule is O=[N+]([O-])c1cc(CS(=O)(=O)O)cc([N+](=O)[O-])c1. The summed E-state index contributed by atoms with van der Waals surface area (Å²) in [6.45, 7) is 0. The Balaban J connectivity index is 3.31. The molecule has 1 aromatic carbocycles. The minimum absolute atomic E-state index is 0.228. The van der Waals surface area contributed by atoms with Crippen LogP contribution in [0.5, 0.6) is 0 Å². The first-order valence-corrected chi connectivity index (χ1v) is 5.68. The molecule has 0 unspecified atom stereocenters. The number of benzene rings is 1. The van der Waals surface area contributed by atoms with Gasteiger partial charge in [-0.3, -0.25) is 24.8 Å². The molecule has 0 heterocycles. The van der Waals surface area contributed by atoms with Crippen LogP contribution in [0.25, 0.3) is 0 Å². The molecule has 10 heteroatoms. The van der Waals surface area contributed by atoms with Crippen molar-refractivity contribution < 1.29 is 22.8 Å². The van der Waals surface area contributed by atoms with E-state index in [0.717, 1.165) is 12.1 Å². The van der Waals surface area contributed by atoms with Crippen molar-refractivity contribution in [2.75, 3.05) is 0 Å². The van der Waals surface area contributed by atoms with Crippen LogP contribution in [-0.4, -0.2) is 22.8 Å². The van der Waals surface area contributed by atoms with Crippen LogP contribution in [0.3, 0.4) is 0 Å². The highest BCUT2D eigenvalue weighted by atomic mass is 32.2. The maximum absolute atomic E-state index is 10.6. The zero-order chi connectivity index (χ0) is 13.2. The summed E-state index contributed by atoms with van der Waals surface area (Å²) in [4.78, 5) is 19.2. The molecule has 92 valence electrons. The highest BCUT2D eigenvalue weighted by Gasteiger charge is 2.18. The van der Waals surface area contributed by atoms with E-state index in [1.807, 2.05) is 0 Å². The Hall–Kier alpha value is -2.07. The van der Waals surface area contributed by atoms with E-state index in [1.165, 1.54) is 0 Å². The lowest BCUT2D eigenvalue weighted by atomic mass is 10.2. The zero-order valence-corrected chi connectivity index (χ0v) is 8.96. The molecular weight excluding hydrogens is 256 g/mol. The van der Waals surface area contributed by atoms with Gasteiger partial charge in [0.15, 0.2) is 0 Å². The van der Waals surface area contributed by atoms with Crippen molar-refractivity contribution in [2.45, 2.75) is 5.75 Å². The number of nitro groups is 2. The summed E-state index contributed by atoms with van der Waals surface area (Å²) in [6.07, 6.45) is 0. The molecule has 1 rings (SSSR count). The second-order valence-electron chi connectivity index (χ2n) is 3.10. The lowest BCUT2D eigenvalue weighted by Gasteiger charge is -1.99. The van der Waals surface area contributed by atoms with Crippen molar-refractivity contribution in [3.63, 3.8) is 0 Å². The summed E-state index contributed by atoms with van der Waals surface area (Å²) >= 11 is 0. The largest absolute Gasteiger partial charge is 0.285 e. The van der Waals surface area contributed by atoms with E-state index in [2.05, 4.69) is 0 Å². The molecule has 0 fully saturated rings. The summed E-state index contributed by atoms with van der Waals surface area (Å²) in [5, 5.41) is 20.9. The standard InChI is InChI=1S/C7H6N2O7S/c10-8(11)6-1-5(4-17(14,15)16)2-7(3-6)9(12)13/h1-3H,4H2,(H,14,15,16). The Morgan fingerprint density at radius 3 is 1.76 bits per heavy atom. The summed E-state index contributed by atoms with van der Waals surface area (Å²) in [5.74, 6) is -0.921. The second-order valence-corrected chi connectivity index (χ2v) is 4.55. The van der Waals surface area contributed by atoms with Gasteiger partial charge in [-0.2, -0.15) is 8.42 Å². The fraction of sp³-hybridized carbons (Fsp3) is 0.143. The molecule has 0 saturated carbocycles. The third kappa shape index (κ3) is 3.77. The molecule has 0 aliphatic heterocycles. The smallest absolute Gasteiger partial charge is 0.276 e. The summed E-state index contributed by atoms with van der Waals surface area (Å²) < 4.78 is 29.7. The molecule has 0 aliphatic rings. The lowest BCUT2D eigenvalue weighted by molar-refractivity contribution is -0.394. The molecule has 0 aromatic heterocycles. The summed E-state index contributed by atoms with van der Waals surface area (Å²) in [6, 6.07) is 2.40. The molecule has 0 saturated heterocycles. The summed E-state index contributed by atoms with van der Waals surface area (Å²) in [5.41, 5.74) is -1.45. The Labute approximate surface area is 94.7 Å². The van der Waals surface area contributed by atoms with Crippen LogP contribution < -0.4 is 0 Å². The van der Waals surface area contributed by atoms with Crippen molar-refractivity contribution in [1.82, 2.24) is 0 Å². The van der Waals surface area contributed by atoms with Gasteiger partial charge < -0.3 is 0 Å². The molecule has 1 aromatic rings. The highest BCUT2D eigenvalue weighted by molar-refractivity contribution is 7.85. The number of nitrogens with zero attached hydrogens (tertiary/aromatic N) is 2. The van der Waals surface area contributed by atoms with Crippen molar-refractivity contribution in [3.8, 4) is 0 Å². The minimum Gasteiger partial charge on any atom is -0.285 e. The number of non-ortho nitro benzene ring substituents is 2. The average molecular weight is 262 g/mol. The van der Waals surface area contributed by atoms with E-state index >= 15 is 0 Å². The highest BCUT2D eigenvalue weighted by Crippen LogP contribution is 2.23. The first kappa shape index (κ1) is 13.0. The van der Waals surface area contributed by atoms with E-state index < -0.39 is 37.1 Å². The maximum atomic E-state index is 10.6. The van der Waals surface area contributed by atoms with E-state index in [0.29, 0.717) is 6.07 Å². The van der Waals surface area contributed by atoms with Crippen LogP contribution in [0.1, 0.15) is 5.56 Å². The molecule has 0 bridgehead atoms. The van der Waals surface area contributed by atoms with Gasteiger partial charge in [0.05, 0.1) is 15.9 Å². The van der Waals surface area contributed by atoms with Crippen LogP contribution in [0, 0.1) is 20.2 Å². The molecule has 0 aliphatic carbocycles. The Kier molecular flexibility index (Phi) is 3.39. The quantitative estimate of drug-likeness (QED) is 0.482. The van der Waals surface area contributed by atoms with Gasteiger partial charge in [-0.1, -0.05) is 0 Å². The van der Waals surface area contributed by atoms with Gasteiger partial charge in [-0.25, -0.2) is 0 Å². The Morgan fingerprint density at radius 2 is 1.47 bits per heavy atom. The number of hydrogen-bond donors (Lipinski definition) is 1. The van der Waals surface area contributed by atoms with Crippen molar-refractivity contribution in [2.24, 2.45) is 0 Å². The van der Waals surface area contributed by atoms with E-state index in [1.54, 1.807) is 0 Å². The molecule has 1 N–H and O–H groups in total. The van der Waals surface area contributed by atoms with Gasteiger partial charge in [0.2, 0.25) is 0 Å². The van der Waals surface area contributed by atoms with Crippen LogP contribution in [0.15, 0.2) is 18.2 Å². The van der Waals surface area contributed by atoms with Gasteiger partial charge in [-0.15, -0.1) is 0 Å². The van der Waals surface area contributed by atoms with Gasteiger partial charge in [0.25, 0.3) is 21.5 Å². The van der Waals surface area contributed by atoms with Gasteiger partial charge in [0.1, 0.15) is 5.75 Å². The van der Waals surface area contributed by atoms with Crippen LogP contribution in [0.4, 0.5) is 11.4 Å². The van der Waals surface area contributed by atoms with Crippen LogP contribution in [0.2, 0.25) is 0 Å². The minimum atomic E-state index is -4.41. The molecular formula is C7H6N2O7S. The van der Waals surface area contributed by atoms with Gasteiger partial charge >= 0.3 is 0 Å². The van der Waals surface area contributed by atoms with E-state index in [-0.39, 0.29) is 5.56 Å². The first-order valence-electron chi connectivity index (χ1n) is 4.07. The third-order valence-electron chi connectivity index (χ3n) is 1.73. The van der Waals surface area contributed by atoms with Crippen molar-refractivity contribution >= 4 is 21.5 Å². The van der Waals surface area contributed by atoms with Crippen LogP contribution in [-0.2, 0) is 15.9 Å². The fourth-order valence-electron chi connectivity index (χ4n) is 1.16. The van der Waals surface area contributed by atoms with Crippen LogP contribution >= 0.6 is 0 Å². The number of nitro benzene ring substituents is 2. The molecule has 9 nitrogen and oxygen atoms in total. The predicted molar refractivity (Wildman–Crippen MR) is 55.0 cm³/mol. The van der Waals surface area contributed by atoms with Gasteiger partial charge in [0, 0.05) is 12.1 Å². The average Bonchev–Trinajstić information content (AvgIpc) is 2.14. The Morgan fingerprint density at radius 1 is 1.06 bits per heavy atom.